The van der Waals surface area contributed by atoms with Crippen LogP contribution in [0.4, 0.5) is 0 Å². The van der Waals surface area contributed by atoms with Gasteiger partial charge in [0.05, 0.1) is 10.9 Å². The summed E-state index contributed by atoms with van der Waals surface area (Å²) >= 11 is 7.56. The Bertz CT molecular complexity index is 1150. The summed E-state index contributed by atoms with van der Waals surface area (Å²) < 4.78 is 30.2. The van der Waals surface area contributed by atoms with E-state index in [1.807, 2.05) is 11.5 Å². The Balaban J connectivity index is 1.54. The predicted molar refractivity (Wildman–Crippen MR) is 119 cm³/mol. The zero-order chi connectivity index (χ0) is 21.3. The molecule has 158 valence electrons. The molecule has 4 rings (SSSR count). The smallest absolute Gasteiger partial charge is 0.241 e. The van der Waals surface area contributed by atoms with Crippen LogP contribution in [0.2, 0.25) is 5.02 Å². The summed E-state index contributed by atoms with van der Waals surface area (Å²) in [5, 5.41) is 10.3. The highest BCUT2D eigenvalue weighted by Crippen LogP contribution is 2.44. The largest absolute Gasteiger partial charge is 0.305 e. The summed E-state index contributed by atoms with van der Waals surface area (Å²) in [4.78, 5) is 0.165. The first-order valence-electron chi connectivity index (χ1n) is 9.84. The summed E-state index contributed by atoms with van der Waals surface area (Å²) in [5.74, 6) is 0.601. The van der Waals surface area contributed by atoms with Crippen LogP contribution < -0.4 is 4.72 Å². The minimum atomic E-state index is -3.70. The molecule has 1 aliphatic carbocycles. The molecule has 0 bridgehead atoms. The van der Waals surface area contributed by atoms with Crippen LogP contribution >= 0.6 is 23.4 Å². The Morgan fingerprint density at radius 3 is 2.67 bits per heavy atom. The molecule has 1 unspecified atom stereocenters. The standard InChI is InChI=1S/C21H23ClN4O2S2/c1-3-26-20(14(2)25-30(27,28)17-11-9-16(22)10-12-17)23-24-21(26)29-19-13-8-15-6-4-5-7-18(15)19/h4-7,9-12,14,19,25H,3,8,13H2,1-2H3/t14-,19?/m1/s1. The second kappa shape index (κ2) is 8.70. The molecule has 0 radical (unpaired) electrons. The molecule has 9 heteroatoms. The molecule has 0 spiro atoms. The van der Waals surface area contributed by atoms with Crippen LogP contribution in [-0.4, -0.2) is 23.2 Å². The normalized spacial score (nSPS) is 17.1. The van der Waals surface area contributed by atoms with Crippen molar-refractivity contribution >= 4 is 33.4 Å². The van der Waals surface area contributed by atoms with Crippen molar-refractivity contribution in [1.29, 1.82) is 0 Å². The number of rotatable bonds is 7. The van der Waals surface area contributed by atoms with Gasteiger partial charge >= 0.3 is 0 Å². The molecule has 30 heavy (non-hydrogen) atoms. The molecule has 2 aromatic carbocycles. The van der Waals surface area contributed by atoms with Crippen molar-refractivity contribution in [3.05, 3.63) is 70.5 Å². The van der Waals surface area contributed by atoms with E-state index in [1.54, 1.807) is 30.8 Å². The van der Waals surface area contributed by atoms with Gasteiger partial charge in [-0.05, 0) is 62.1 Å². The molecule has 0 saturated heterocycles. The average Bonchev–Trinajstić information content (AvgIpc) is 3.32. The van der Waals surface area contributed by atoms with E-state index in [-0.39, 0.29) is 4.90 Å². The van der Waals surface area contributed by atoms with Gasteiger partial charge in [-0.15, -0.1) is 10.2 Å². The van der Waals surface area contributed by atoms with E-state index in [4.69, 9.17) is 11.6 Å². The highest BCUT2D eigenvalue weighted by atomic mass is 35.5. The van der Waals surface area contributed by atoms with E-state index in [1.165, 1.54) is 23.3 Å². The molecule has 0 fully saturated rings. The van der Waals surface area contributed by atoms with Crippen LogP contribution in [0.5, 0.6) is 0 Å². The Morgan fingerprint density at radius 2 is 1.93 bits per heavy atom. The Kier molecular flexibility index (Phi) is 6.20. The fraction of sp³-hybridized carbons (Fsp3) is 0.333. The third-order valence-electron chi connectivity index (χ3n) is 5.23. The number of nitrogens with zero attached hydrogens (tertiary/aromatic N) is 3. The minimum absolute atomic E-state index is 0.165. The molecule has 6 nitrogen and oxygen atoms in total. The molecular weight excluding hydrogens is 440 g/mol. The van der Waals surface area contributed by atoms with Gasteiger partial charge in [0.15, 0.2) is 11.0 Å². The van der Waals surface area contributed by atoms with Crippen molar-refractivity contribution in [3.8, 4) is 0 Å². The third-order valence-corrected chi connectivity index (χ3v) is 8.33. The fourth-order valence-corrected chi connectivity index (χ4v) is 6.35. The number of hydrogen-bond donors (Lipinski definition) is 1. The second-order valence-electron chi connectivity index (χ2n) is 7.23. The molecule has 1 heterocycles. The van der Waals surface area contributed by atoms with Crippen molar-refractivity contribution in [3.63, 3.8) is 0 Å². The lowest BCUT2D eigenvalue weighted by atomic mass is 10.1. The van der Waals surface area contributed by atoms with E-state index in [2.05, 4.69) is 39.2 Å². The lowest BCUT2D eigenvalue weighted by molar-refractivity contribution is 0.539. The number of sulfonamides is 1. The van der Waals surface area contributed by atoms with E-state index in [9.17, 15) is 8.42 Å². The van der Waals surface area contributed by atoms with Gasteiger partial charge in [-0.2, -0.15) is 0 Å². The van der Waals surface area contributed by atoms with Crippen molar-refractivity contribution in [2.75, 3.05) is 0 Å². The minimum Gasteiger partial charge on any atom is -0.305 e. The van der Waals surface area contributed by atoms with Gasteiger partial charge in [0.2, 0.25) is 10.0 Å². The predicted octanol–water partition coefficient (Wildman–Crippen LogP) is 4.77. The number of aryl methyl sites for hydroxylation is 1. The maximum atomic E-state index is 12.7. The zero-order valence-corrected chi connectivity index (χ0v) is 19.1. The Morgan fingerprint density at radius 1 is 1.20 bits per heavy atom. The van der Waals surface area contributed by atoms with E-state index < -0.39 is 16.1 Å². The monoisotopic (exact) mass is 462 g/mol. The topological polar surface area (TPSA) is 76.9 Å². The lowest BCUT2D eigenvalue weighted by Gasteiger charge is -2.16. The zero-order valence-electron chi connectivity index (χ0n) is 16.7. The van der Waals surface area contributed by atoms with Gasteiger partial charge < -0.3 is 4.57 Å². The van der Waals surface area contributed by atoms with Crippen LogP contribution in [0, 0.1) is 0 Å². The number of thioether (sulfide) groups is 1. The first-order chi connectivity index (χ1) is 14.4. The van der Waals surface area contributed by atoms with Crippen molar-refractivity contribution < 1.29 is 8.42 Å². The number of halogens is 1. The molecule has 0 amide bonds. The number of fused-ring (bicyclic) bond motifs is 1. The maximum Gasteiger partial charge on any atom is 0.241 e. The Hall–Kier alpha value is -1.87. The van der Waals surface area contributed by atoms with E-state index in [0.717, 1.165) is 18.0 Å². The highest BCUT2D eigenvalue weighted by molar-refractivity contribution is 7.99. The summed E-state index contributed by atoms with van der Waals surface area (Å²) in [6.07, 6.45) is 2.13. The summed E-state index contributed by atoms with van der Waals surface area (Å²) in [5.41, 5.74) is 2.74. The van der Waals surface area contributed by atoms with Crippen LogP contribution in [0.1, 0.15) is 48.5 Å². The third kappa shape index (κ3) is 4.27. The van der Waals surface area contributed by atoms with Crippen LogP contribution in [0.25, 0.3) is 0 Å². The van der Waals surface area contributed by atoms with Crippen LogP contribution in [0.3, 0.4) is 0 Å². The van der Waals surface area contributed by atoms with Gasteiger partial charge in [0, 0.05) is 16.8 Å². The fourth-order valence-electron chi connectivity index (χ4n) is 3.74. The van der Waals surface area contributed by atoms with Gasteiger partial charge in [-0.1, -0.05) is 47.6 Å². The van der Waals surface area contributed by atoms with Crippen molar-refractivity contribution in [2.45, 2.75) is 54.6 Å². The van der Waals surface area contributed by atoms with Gasteiger partial charge in [0.25, 0.3) is 0 Å². The maximum absolute atomic E-state index is 12.7. The first kappa shape index (κ1) is 21.4. The number of benzene rings is 2. The van der Waals surface area contributed by atoms with Gasteiger partial charge in [-0.3, -0.25) is 0 Å². The van der Waals surface area contributed by atoms with Crippen molar-refractivity contribution in [2.24, 2.45) is 0 Å². The molecule has 1 aliphatic rings. The molecule has 3 aromatic rings. The molecule has 0 aliphatic heterocycles. The quantitative estimate of drug-likeness (QED) is 0.547. The number of hydrogen-bond acceptors (Lipinski definition) is 5. The van der Waals surface area contributed by atoms with E-state index in [0.29, 0.717) is 22.6 Å². The summed E-state index contributed by atoms with van der Waals surface area (Å²) in [6, 6.07) is 14.1. The van der Waals surface area contributed by atoms with Crippen molar-refractivity contribution in [1.82, 2.24) is 19.5 Å². The molecule has 0 saturated carbocycles. The molecular formula is C21H23ClN4O2S2. The van der Waals surface area contributed by atoms with Crippen LogP contribution in [-0.2, 0) is 23.0 Å². The lowest BCUT2D eigenvalue weighted by Crippen LogP contribution is -2.29. The highest BCUT2D eigenvalue weighted by Gasteiger charge is 2.27. The summed E-state index contributed by atoms with van der Waals surface area (Å²) in [6.45, 7) is 4.45. The average molecular weight is 463 g/mol. The van der Waals surface area contributed by atoms with Crippen LogP contribution in [0.15, 0.2) is 58.6 Å². The van der Waals surface area contributed by atoms with Gasteiger partial charge in [0.1, 0.15) is 0 Å². The molecule has 1 aromatic heterocycles. The molecule has 2 atom stereocenters. The van der Waals surface area contributed by atoms with Gasteiger partial charge in [-0.25, -0.2) is 13.1 Å². The summed E-state index contributed by atoms with van der Waals surface area (Å²) in [7, 11) is -3.70. The van der Waals surface area contributed by atoms with E-state index >= 15 is 0 Å². The SMILES string of the molecule is CCn1c(SC2CCc3ccccc32)nnc1[C@@H](C)NS(=O)(=O)c1ccc(Cl)cc1. The first-order valence-corrected chi connectivity index (χ1v) is 12.6. The number of nitrogens with one attached hydrogen (secondary N) is 1. The second-order valence-corrected chi connectivity index (χ2v) is 10.5. The number of aromatic nitrogens is 3. The molecule has 1 N–H and O–H groups in total. The Labute approximate surface area is 186 Å².